The van der Waals surface area contributed by atoms with Crippen LogP contribution in [0.2, 0.25) is 0 Å². The first-order valence-corrected chi connectivity index (χ1v) is 8.36. The molecule has 0 radical (unpaired) electrons. The summed E-state index contributed by atoms with van der Waals surface area (Å²) in [5.74, 6) is 1.62. The lowest BCUT2D eigenvalue weighted by Gasteiger charge is -2.25. The summed E-state index contributed by atoms with van der Waals surface area (Å²) >= 11 is 0. The summed E-state index contributed by atoms with van der Waals surface area (Å²) in [5, 5.41) is 3.46. The van der Waals surface area contributed by atoms with E-state index in [4.69, 9.17) is 0 Å². The third kappa shape index (κ3) is 2.91. The molecule has 124 valence electrons. The minimum absolute atomic E-state index is 0.0210. The third-order valence-corrected chi connectivity index (χ3v) is 4.62. The molecular formula is C18H21N5O. The molecule has 4 rings (SSSR count). The lowest BCUT2D eigenvalue weighted by molar-refractivity contribution is 0.214. The number of nitrogens with zero attached hydrogens (tertiary/aromatic N) is 4. The Bertz CT molecular complexity index is 744. The summed E-state index contributed by atoms with van der Waals surface area (Å²) in [6, 6.07) is 9.74. The maximum absolute atomic E-state index is 12.8. The Morgan fingerprint density at radius 1 is 1.17 bits per heavy atom. The molecule has 1 fully saturated rings. The number of anilines is 2. The van der Waals surface area contributed by atoms with Crippen LogP contribution in [0.1, 0.15) is 24.1 Å². The van der Waals surface area contributed by atoms with Gasteiger partial charge in [0.2, 0.25) is 0 Å². The second-order valence-electron chi connectivity index (χ2n) is 6.53. The summed E-state index contributed by atoms with van der Waals surface area (Å²) in [7, 11) is 1.81. The van der Waals surface area contributed by atoms with Gasteiger partial charge in [-0.05, 0) is 30.9 Å². The first-order valence-electron chi connectivity index (χ1n) is 8.36. The number of benzene rings is 1. The van der Waals surface area contributed by atoms with Crippen molar-refractivity contribution in [1.29, 1.82) is 0 Å². The van der Waals surface area contributed by atoms with Crippen molar-refractivity contribution in [2.45, 2.75) is 25.9 Å². The molecule has 2 aliphatic rings. The quantitative estimate of drug-likeness (QED) is 0.940. The number of hydrogen-bond acceptors (Lipinski definition) is 4. The fourth-order valence-corrected chi connectivity index (χ4v) is 3.00. The highest BCUT2D eigenvalue weighted by atomic mass is 16.2. The smallest absolute Gasteiger partial charge is 0.324 e. The van der Waals surface area contributed by atoms with Gasteiger partial charge in [0, 0.05) is 24.8 Å². The minimum atomic E-state index is -0.0210. The average molecular weight is 323 g/mol. The summed E-state index contributed by atoms with van der Waals surface area (Å²) < 4.78 is 0. The molecule has 2 heterocycles. The number of urea groups is 1. The van der Waals surface area contributed by atoms with Crippen molar-refractivity contribution < 1.29 is 4.79 Å². The Morgan fingerprint density at radius 2 is 1.96 bits per heavy atom. The highest BCUT2D eigenvalue weighted by molar-refractivity contribution is 5.92. The van der Waals surface area contributed by atoms with Crippen LogP contribution in [0.5, 0.6) is 0 Å². The highest BCUT2D eigenvalue weighted by Crippen LogP contribution is 2.31. The maximum atomic E-state index is 12.8. The Labute approximate surface area is 141 Å². The minimum Gasteiger partial charge on any atom is -0.369 e. The predicted octanol–water partition coefficient (Wildman–Crippen LogP) is 2.87. The number of rotatable bonds is 4. The van der Waals surface area contributed by atoms with E-state index >= 15 is 0 Å². The lowest BCUT2D eigenvalue weighted by Crippen LogP contribution is -2.38. The van der Waals surface area contributed by atoms with Crippen molar-refractivity contribution in [3.05, 3.63) is 47.9 Å². The van der Waals surface area contributed by atoms with E-state index in [0.29, 0.717) is 13.1 Å². The molecule has 6 heteroatoms. The van der Waals surface area contributed by atoms with Gasteiger partial charge in [0.25, 0.3) is 0 Å². The average Bonchev–Trinajstić information content (AvgIpc) is 3.44. The summed E-state index contributed by atoms with van der Waals surface area (Å²) in [6.45, 7) is 1.92. The number of fused-ring (bicyclic) bond motifs is 1. The second kappa shape index (κ2) is 6.11. The van der Waals surface area contributed by atoms with E-state index in [1.165, 1.54) is 12.8 Å². The van der Waals surface area contributed by atoms with Crippen molar-refractivity contribution in [3.63, 3.8) is 0 Å². The number of amides is 2. The van der Waals surface area contributed by atoms with E-state index in [2.05, 4.69) is 15.3 Å². The summed E-state index contributed by atoms with van der Waals surface area (Å²) in [5.41, 5.74) is 2.82. The van der Waals surface area contributed by atoms with Crippen molar-refractivity contribution >= 4 is 17.5 Å². The van der Waals surface area contributed by atoms with Crippen LogP contribution in [-0.4, -0.2) is 34.5 Å². The number of hydrogen-bond donors (Lipinski definition) is 1. The van der Waals surface area contributed by atoms with Gasteiger partial charge in [0.1, 0.15) is 12.1 Å². The lowest BCUT2D eigenvalue weighted by atomic mass is 10.2. The number of nitrogens with one attached hydrogen (secondary N) is 1. The molecule has 1 aromatic carbocycles. The van der Waals surface area contributed by atoms with Gasteiger partial charge in [0.15, 0.2) is 0 Å². The van der Waals surface area contributed by atoms with Crippen molar-refractivity contribution in [2.75, 3.05) is 23.8 Å². The van der Waals surface area contributed by atoms with E-state index in [0.717, 1.165) is 35.2 Å². The van der Waals surface area contributed by atoms with Crippen LogP contribution in [0.4, 0.5) is 16.3 Å². The molecule has 0 bridgehead atoms. The molecule has 2 aromatic rings. The molecule has 0 saturated heterocycles. The van der Waals surface area contributed by atoms with Crippen LogP contribution in [0.15, 0.2) is 36.7 Å². The normalized spacial score (nSPS) is 17.5. The van der Waals surface area contributed by atoms with Gasteiger partial charge in [-0.1, -0.05) is 18.2 Å². The third-order valence-electron chi connectivity index (χ3n) is 4.62. The number of carbonyl (C=O) groups is 1. The van der Waals surface area contributed by atoms with E-state index in [9.17, 15) is 4.79 Å². The largest absolute Gasteiger partial charge is 0.369 e. The molecule has 1 aliphatic carbocycles. The zero-order valence-electron chi connectivity index (χ0n) is 13.8. The molecule has 24 heavy (non-hydrogen) atoms. The van der Waals surface area contributed by atoms with Gasteiger partial charge in [0.05, 0.1) is 18.8 Å². The van der Waals surface area contributed by atoms with Crippen LogP contribution >= 0.6 is 0 Å². The molecule has 1 aromatic heterocycles. The molecule has 1 saturated carbocycles. The predicted molar refractivity (Wildman–Crippen MR) is 92.7 cm³/mol. The van der Waals surface area contributed by atoms with Crippen LogP contribution in [0.3, 0.4) is 0 Å². The molecule has 1 aliphatic heterocycles. The second-order valence-corrected chi connectivity index (χ2v) is 6.53. The van der Waals surface area contributed by atoms with Gasteiger partial charge in [-0.25, -0.2) is 14.8 Å². The van der Waals surface area contributed by atoms with Crippen molar-refractivity contribution in [3.8, 4) is 0 Å². The zero-order valence-corrected chi connectivity index (χ0v) is 13.8. The number of carbonyl (C=O) groups excluding carboxylic acids is 1. The van der Waals surface area contributed by atoms with Crippen LogP contribution in [0.25, 0.3) is 0 Å². The van der Waals surface area contributed by atoms with E-state index in [1.807, 2.05) is 37.4 Å². The van der Waals surface area contributed by atoms with Crippen molar-refractivity contribution in [2.24, 2.45) is 5.92 Å². The molecule has 0 unspecified atom stereocenters. The molecule has 0 atom stereocenters. The van der Waals surface area contributed by atoms with E-state index < -0.39 is 0 Å². The fraction of sp³-hybridized carbons (Fsp3) is 0.389. The highest BCUT2D eigenvalue weighted by Gasteiger charge is 2.29. The molecule has 1 N–H and O–H groups in total. The Balaban J connectivity index is 1.69. The monoisotopic (exact) mass is 323 g/mol. The molecule has 0 spiro atoms. The van der Waals surface area contributed by atoms with Gasteiger partial charge in [-0.3, -0.25) is 4.90 Å². The Morgan fingerprint density at radius 3 is 2.71 bits per heavy atom. The molecule has 2 amide bonds. The fourth-order valence-electron chi connectivity index (χ4n) is 3.00. The number of aromatic nitrogens is 2. The van der Waals surface area contributed by atoms with Crippen LogP contribution in [0, 0.1) is 5.92 Å². The Kier molecular flexibility index (Phi) is 3.80. The first-order chi connectivity index (χ1) is 11.7. The van der Waals surface area contributed by atoms with Gasteiger partial charge >= 0.3 is 6.03 Å². The van der Waals surface area contributed by atoms with Crippen LogP contribution < -0.4 is 10.2 Å². The van der Waals surface area contributed by atoms with Crippen LogP contribution in [-0.2, 0) is 13.1 Å². The zero-order chi connectivity index (χ0) is 16.5. The van der Waals surface area contributed by atoms with E-state index in [1.54, 1.807) is 16.1 Å². The maximum Gasteiger partial charge on any atom is 0.324 e. The van der Waals surface area contributed by atoms with Gasteiger partial charge < -0.3 is 10.2 Å². The van der Waals surface area contributed by atoms with E-state index in [-0.39, 0.29) is 6.03 Å². The molecule has 6 nitrogen and oxygen atoms in total. The SMILES string of the molecule is CN1Cc2ncnc(NCC3CC3)c2CN(c2ccccc2)C1=O. The van der Waals surface area contributed by atoms with Crippen molar-refractivity contribution in [1.82, 2.24) is 14.9 Å². The molecular weight excluding hydrogens is 302 g/mol. The Hall–Kier alpha value is -2.63. The topological polar surface area (TPSA) is 61.4 Å². The van der Waals surface area contributed by atoms with Gasteiger partial charge in [-0.2, -0.15) is 0 Å². The summed E-state index contributed by atoms with van der Waals surface area (Å²) in [4.78, 5) is 25.1. The van der Waals surface area contributed by atoms with Gasteiger partial charge in [-0.15, -0.1) is 0 Å². The summed E-state index contributed by atoms with van der Waals surface area (Å²) in [6.07, 6.45) is 4.17. The standard InChI is InChI=1S/C18H21N5O/c1-22-11-16-15(17(21-12-20-16)19-9-13-7-8-13)10-23(18(22)24)14-5-3-2-4-6-14/h2-6,12-13H,7-11H2,1H3,(H,19,20,21). The first kappa shape index (κ1) is 14.9. The number of para-hydroxylation sites is 1.